The van der Waals surface area contributed by atoms with E-state index in [-0.39, 0.29) is 6.42 Å². The number of aromatic nitrogens is 2. The van der Waals surface area contributed by atoms with Gasteiger partial charge in [-0.3, -0.25) is 9.48 Å². The molecule has 5 nitrogen and oxygen atoms in total. The molecule has 0 saturated heterocycles. The van der Waals surface area contributed by atoms with Gasteiger partial charge in [0.05, 0.1) is 12.1 Å². The van der Waals surface area contributed by atoms with Crippen LogP contribution in [0.15, 0.2) is 6.20 Å². The number of rotatable bonds is 3. The van der Waals surface area contributed by atoms with Crippen molar-refractivity contribution in [2.24, 2.45) is 7.05 Å². The molecule has 1 unspecified atom stereocenters. The maximum atomic E-state index is 10.3. The van der Waals surface area contributed by atoms with Crippen LogP contribution in [0.5, 0.6) is 0 Å². The topological polar surface area (TPSA) is 75.3 Å². The lowest BCUT2D eigenvalue weighted by atomic mass is 10.1. The molecule has 0 bridgehead atoms. The number of aryl methyl sites for hydroxylation is 2. The van der Waals surface area contributed by atoms with E-state index in [0.717, 1.165) is 5.56 Å². The first-order valence-electron chi connectivity index (χ1n) is 3.90. The number of hydrogen-bond donors (Lipinski definition) is 2. The lowest BCUT2D eigenvalue weighted by Gasteiger charge is -2.04. The van der Waals surface area contributed by atoms with Gasteiger partial charge in [0.25, 0.3) is 0 Å². The monoisotopic (exact) mass is 184 g/mol. The Balaban J connectivity index is 2.81. The summed E-state index contributed by atoms with van der Waals surface area (Å²) in [5.74, 6) is -1.03. The van der Waals surface area contributed by atoms with Gasteiger partial charge < -0.3 is 10.2 Å². The van der Waals surface area contributed by atoms with Crippen molar-refractivity contribution in [1.82, 2.24) is 9.78 Å². The van der Waals surface area contributed by atoms with Crippen LogP contribution in [0.25, 0.3) is 0 Å². The maximum Gasteiger partial charge on any atom is 0.306 e. The summed E-state index contributed by atoms with van der Waals surface area (Å²) >= 11 is 0. The summed E-state index contributed by atoms with van der Waals surface area (Å²) < 4.78 is 1.55. The van der Waals surface area contributed by atoms with Crippen molar-refractivity contribution in [1.29, 1.82) is 0 Å². The molecule has 0 aromatic carbocycles. The zero-order valence-electron chi connectivity index (χ0n) is 7.56. The van der Waals surface area contributed by atoms with E-state index in [4.69, 9.17) is 5.11 Å². The third-order valence-electron chi connectivity index (χ3n) is 1.73. The molecule has 5 heteroatoms. The van der Waals surface area contributed by atoms with Crippen molar-refractivity contribution >= 4 is 5.97 Å². The zero-order valence-corrected chi connectivity index (χ0v) is 7.56. The Bertz CT molecular complexity index is 319. The van der Waals surface area contributed by atoms with E-state index in [1.165, 1.54) is 0 Å². The molecule has 1 rings (SSSR count). The minimum absolute atomic E-state index is 0.308. The molecular formula is C8H12N2O3. The van der Waals surface area contributed by atoms with Crippen LogP contribution in [-0.2, 0) is 11.8 Å². The Morgan fingerprint density at radius 3 is 2.77 bits per heavy atom. The van der Waals surface area contributed by atoms with E-state index in [2.05, 4.69) is 5.10 Å². The Morgan fingerprint density at radius 2 is 2.38 bits per heavy atom. The first kappa shape index (κ1) is 9.73. The van der Waals surface area contributed by atoms with Crippen LogP contribution < -0.4 is 0 Å². The van der Waals surface area contributed by atoms with Gasteiger partial charge in [0.1, 0.15) is 6.10 Å². The number of aliphatic carboxylic acids is 1. The number of carboxylic acid groups (broad SMARTS) is 1. The minimum Gasteiger partial charge on any atom is -0.481 e. The van der Waals surface area contributed by atoms with Crippen molar-refractivity contribution in [3.05, 3.63) is 17.5 Å². The smallest absolute Gasteiger partial charge is 0.306 e. The zero-order chi connectivity index (χ0) is 10.0. The molecule has 0 amide bonds. The van der Waals surface area contributed by atoms with E-state index in [0.29, 0.717) is 5.69 Å². The summed E-state index contributed by atoms with van der Waals surface area (Å²) in [6.45, 7) is 1.79. The first-order valence-corrected chi connectivity index (χ1v) is 3.90. The molecule has 0 aliphatic carbocycles. The van der Waals surface area contributed by atoms with Gasteiger partial charge in [0.2, 0.25) is 0 Å². The first-order chi connectivity index (χ1) is 6.00. The van der Waals surface area contributed by atoms with Gasteiger partial charge in [-0.25, -0.2) is 0 Å². The number of carbonyl (C=O) groups is 1. The van der Waals surface area contributed by atoms with Crippen molar-refractivity contribution in [2.45, 2.75) is 19.4 Å². The fourth-order valence-electron chi connectivity index (χ4n) is 1.22. The van der Waals surface area contributed by atoms with Crippen LogP contribution in [0, 0.1) is 6.92 Å². The van der Waals surface area contributed by atoms with Crippen LogP contribution in [0.1, 0.15) is 23.8 Å². The molecule has 0 fully saturated rings. The van der Waals surface area contributed by atoms with Crippen molar-refractivity contribution in [3.8, 4) is 0 Å². The summed E-state index contributed by atoms with van der Waals surface area (Å²) in [7, 11) is 1.73. The van der Waals surface area contributed by atoms with Crippen molar-refractivity contribution < 1.29 is 15.0 Å². The molecule has 2 N–H and O–H groups in total. The van der Waals surface area contributed by atoms with Crippen LogP contribution in [0.3, 0.4) is 0 Å². The third-order valence-corrected chi connectivity index (χ3v) is 1.73. The summed E-state index contributed by atoms with van der Waals surface area (Å²) in [5.41, 5.74) is 1.24. The predicted octanol–water partition coefficient (Wildman–Crippen LogP) is 0.237. The minimum atomic E-state index is -1.03. The molecule has 0 aliphatic rings. The molecule has 72 valence electrons. The van der Waals surface area contributed by atoms with Crippen LogP contribution >= 0.6 is 0 Å². The van der Waals surface area contributed by atoms with E-state index in [1.807, 2.05) is 0 Å². The van der Waals surface area contributed by atoms with Gasteiger partial charge in [0, 0.05) is 13.2 Å². The number of nitrogens with zero attached hydrogens (tertiary/aromatic N) is 2. The van der Waals surface area contributed by atoms with Crippen LogP contribution in [0.2, 0.25) is 0 Å². The predicted molar refractivity (Wildman–Crippen MR) is 45.2 cm³/mol. The van der Waals surface area contributed by atoms with Gasteiger partial charge in [-0.05, 0) is 12.5 Å². The van der Waals surface area contributed by atoms with Gasteiger partial charge in [-0.2, -0.15) is 5.10 Å². The summed E-state index contributed by atoms with van der Waals surface area (Å²) in [6, 6.07) is 0. The Kier molecular flexibility index (Phi) is 2.67. The molecule has 1 aromatic heterocycles. The molecule has 1 heterocycles. The lowest BCUT2D eigenvalue weighted by Crippen LogP contribution is -2.07. The number of aliphatic hydroxyl groups is 1. The molecule has 0 saturated carbocycles. The molecule has 13 heavy (non-hydrogen) atoms. The highest BCUT2D eigenvalue weighted by Crippen LogP contribution is 2.17. The van der Waals surface area contributed by atoms with E-state index < -0.39 is 12.1 Å². The average Bonchev–Trinajstić information content (AvgIpc) is 2.28. The highest BCUT2D eigenvalue weighted by atomic mass is 16.4. The van der Waals surface area contributed by atoms with Gasteiger partial charge in [-0.15, -0.1) is 0 Å². The van der Waals surface area contributed by atoms with E-state index >= 15 is 0 Å². The number of aliphatic hydroxyl groups excluding tert-OH is 1. The molecular weight excluding hydrogens is 172 g/mol. The quantitative estimate of drug-likeness (QED) is 0.705. The fraction of sp³-hybridized carbons (Fsp3) is 0.500. The van der Waals surface area contributed by atoms with Crippen molar-refractivity contribution in [2.75, 3.05) is 0 Å². The highest BCUT2D eigenvalue weighted by molar-refractivity contribution is 5.67. The largest absolute Gasteiger partial charge is 0.481 e. The van der Waals surface area contributed by atoms with Crippen LogP contribution in [-0.4, -0.2) is 26.0 Å². The Hall–Kier alpha value is -1.36. The Morgan fingerprint density at radius 1 is 1.77 bits per heavy atom. The fourth-order valence-corrected chi connectivity index (χ4v) is 1.22. The van der Waals surface area contributed by atoms with Gasteiger partial charge in [-0.1, -0.05) is 0 Å². The maximum absolute atomic E-state index is 10.3. The van der Waals surface area contributed by atoms with Crippen LogP contribution in [0.4, 0.5) is 0 Å². The van der Waals surface area contributed by atoms with Gasteiger partial charge >= 0.3 is 5.97 Å². The SMILES string of the molecule is Cc1cn(C)nc1C(O)CC(=O)O. The second kappa shape index (κ2) is 3.57. The van der Waals surface area contributed by atoms with Crippen molar-refractivity contribution in [3.63, 3.8) is 0 Å². The van der Waals surface area contributed by atoms with E-state index in [9.17, 15) is 9.90 Å². The molecule has 0 radical (unpaired) electrons. The van der Waals surface area contributed by atoms with Gasteiger partial charge in [0.15, 0.2) is 0 Å². The third kappa shape index (κ3) is 2.29. The van der Waals surface area contributed by atoms with E-state index in [1.54, 1.807) is 24.9 Å². The summed E-state index contributed by atoms with van der Waals surface area (Å²) in [5, 5.41) is 21.8. The molecule has 0 spiro atoms. The lowest BCUT2D eigenvalue weighted by molar-refractivity contribution is -0.139. The number of carboxylic acids is 1. The highest BCUT2D eigenvalue weighted by Gasteiger charge is 2.17. The summed E-state index contributed by atoms with van der Waals surface area (Å²) in [6.07, 6.45) is 0.414. The second-order valence-electron chi connectivity index (χ2n) is 2.98. The molecule has 1 atom stereocenters. The summed E-state index contributed by atoms with van der Waals surface area (Å²) in [4.78, 5) is 10.3. The average molecular weight is 184 g/mol. The molecule has 1 aromatic rings. The standard InChI is InChI=1S/C8H12N2O3/c1-5-4-10(2)9-8(5)6(11)3-7(12)13/h4,6,11H,3H2,1-2H3,(H,12,13). The Labute approximate surface area is 75.6 Å². The number of hydrogen-bond acceptors (Lipinski definition) is 3. The second-order valence-corrected chi connectivity index (χ2v) is 2.98. The normalized spacial score (nSPS) is 12.8. The molecule has 0 aliphatic heterocycles.